The highest BCUT2D eigenvalue weighted by Crippen LogP contribution is 2.61. The van der Waals surface area contributed by atoms with Gasteiger partial charge in [-0.05, 0) is 87.6 Å². The molecule has 27 heavy (non-hydrogen) atoms. The van der Waals surface area contributed by atoms with Gasteiger partial charge in [0.15, 0.2) is 0 Å². The lowest BCUT2D eigenvalue weighted by Crippen LogP contribution is -2.26. The number of hydrogen-bond donors (Lipinski definition) is 0. The molecular weight excluding hydrogens is 324 g/mol. The van der Waals surface area contributed by atoms with Crippen LogP contribution in [0.3, 0.4) is 0 Å². The molecule has 4 atom stereocenters. The maximum absolute atomic E-state index is 2.60. The Hall–Kier alpha value is -2.34. The van der Waals surface area contributed by atoms with Crippen LogP contribution in [0, 0.1) is 17.8 Å². The average Bonchev–Trinajstić information content (AvgIpc) is 3.21. The van der Waals surface area contributed by atoms with Gasteiger partial charge in [0.05, 0.1) is 0 Å². The molecule has 0 heteroatoms. The molecule has 0 amide bonds. The lowest BCUT2D eigenvalue weighted by molar-refractivity contribution is 0.363. The number of aryl methyl sites for hydroxylation is 1. The van der Waals surface area contributed by atoms with Crippen molar-refractivity contribution in [2.24, 2.45) is 17.8 Å². The van der Waals surface area contributed by atoms with Crippen LogP contribution in [0.5, 0.6) is 0 Å². The molecule has 1 aromatic rings. The van der Waals surface area contributed by atoms with Gasteiger partial charge < -0.3 is 0 Å². The number of hydrogen-bond acceptors (Lipinski definition) is 0. The molecule has 0 saturated carbocycles. The first-order chi connectivity index (χ1) is 13.3. The summed E-state index contributed by atoms with van der Waals surface area (Å²) >= 11 is 0. The first-order valence-electron chi connectivity index (χ1n) is 10.7. The van der Waals surface area contributed by atoms with Crippen LogP contribution in [0.15, 0.2) is 60.2 Å². The van der Waals surface area contributed by atoms with Crippen molar-refractivity contribution in [1.82, 2.24) is 0 Å². The van der Waals surface area contributed by atoms with Gasteiger partial charge in [0.1, 0.15) is 0 Å². The summed E-state index contributed by atoms with van der Waals surface area (Å²) in [7, 11) is 0. The maximum Gasteiger partial charge on any atom is 0.00992 e. The quantitative estimate of drug-likeness (QED) is 0.462. The van der Waals surface area contributed by atoms with Gasteiger partial charge in [-0.3, -0.25) is 0 Å². The molecule has 6 aliphatic rings. The molecule has 0 heterocycles. The Morgan fingerprint density at radius 1 is 0.963 bits per heavy atom. The topological polar surface area (TPSA) is 0 Å². The molecule has 7 rings (SSSR count). The number of rotatable bonds is 0. The van der Waals surface area contributed by atoms with Crippen molar-refractivity contribution < 1.29 is 0 Å². The zero-order valence-electron chi connectivity index (χ0n) is 15.8. The van der Waals surface area contributed by atoms with Gasteiger partial charge in [-0.2, -0.15) is 0 Å². The molecule has 0 fully saturated rings. The Morgan fingerprint density at radius 2 is 1.93 bits per heavy atom. The van der Waals surface area contributed by atoms with E-state index in [-0.39, 0.29) is 0 Å². The Morgan fingerprint density at radius 3 is 2.89 bits per heavy atom. The number of benzene rings is 1. The van der Waals surface area contributed by atoms with Crippen molar-refractivity contribution in [3.8, 4) is 0 Å². The molecule has 0 saturated heterocycles. The summed E-state index contributed by atoms with van der Waals surface area (Å²) in [6.07, 6.45) is 24.4. The Labute approximate surface area is 161 Å². The third-order valence-corrected chi connectivity index (χ3v) is 7.88. The zero-order valence-corrected chi connectivity index (χ0v) is 15.8. The summed E-state index contributed by atoms with van der Waals surface area (Å²) in [5.41, 5.74) is 14.4. The van der Waals surface area contributed by atoms with Crippen molar-refractivity contribution >= 4 is 16.7 Å². The van der Waals surface area contributed by atoms with Crippen LogP contribution in [-0.4, -0.2) is 0 Å². The zero-order chi connectivity index (χ0) is 17.7. The van der Waals surface area contributed by atoms with Crippen molar-refractivity contribution in [3.05, 3.63) is 88.1 Å². The summed E-state index contributed by atoms with van der Waals surface area (Å²) in [4.78, 5) is 0. The Balaban J connectivity index is 1.59. The van der Waals surface area contributed by atoms with Crippen LogP contribution in [0.25, 0.3) is 16.7 Å². The third kappa shape index (κ3) is 1.66. The minimum Gasteiger partial charge on any atom is -0.0844 e. The summed E-state index contributed by atoms with van der Waals surface area (Å²) in [6.45, 7) is 2.39. The number of allylic oxidation sites excluding steroid dienone is 12. The molecule has 132 valence electrons. The molecule has 1 aromatic carbocycles. The highest BCUT2D eigenvalue weighted by Gasteiger charge is 2.47. The predicted octanol–water partition coefficient (Wildman–Crippen LogP) is 6.62. The molecule has 0 radical (unpaired) electrons. The first-order valence-corrected chi connectivity index (χ1v) is 10.7. The summed E-state index contributed by atoms with van der Waals surface area (Å²) in [6, 6.07) is 2.60. The van der Waals surface area contributed by atoms with Crippen LogP contribution < -0.4 is 0 Å². The van der Waals surface area contributed by atoms with E-state index in [1.165, 1.54) is 31.3 Å². The summed E-state index contributed by atoms with van der Waals surface area (Å²) in [5.74, 6) is 2.54. The fourth-order valence-electron chi connectivity index (χ4n) is 6.79. The first kappa shape index (κ1) is 14.7. The smallest absolute Gasteiger partial charge is 0.00992 e. The van der Waals surface area contributed by atoms with Gasteiger partial charge in [0.25, 0.3) is 0 Å². The second-order valence-electron chi connectivity index (χ2n) is 9.12. The van der Waals surface area contributed by atoms with Gasteiger partial charge in [0.2, 0.25) is 0 Å². The molecular formula is C27H24. The van der Waals surface area contributed by atoms with Gasteiger partial charge in [-0.25, -0.2) is 0 Å². The Kier molecular flexibility index (Phi) is 2.68. The normalized spacial score (nSPS) is 33.4. The van der Waals surface area contributed by atoms with E-state index in [1.54, 1.807) is 44.5 Å². The van der Waals surface area contributed by atoms with Crippen LogP contribution in [0.2, 0.25) is 0 Å². The van der Waals surface area contributed by atoms with Gasteiger partial charge >= 0.3 is 0 Å². The van der Waals surface area contributed by atoms with E-state index in [1.807, 2.05) is 0 Å². The SMILES string of the molecule is CC1C=CC2c3cc4c5c(c3C3=CC=CC1C32)C1=C(C=CCC1)C5=CCC4. The van der Waals surface area contributed by atoms with Gasteiger partial charge in [-0.15, -0.1) is 0 Å². The average molecular weight is 348 g/mol. The fourth-order valence-corrected chi connectivity index (χ4v) is 6.79. The van der Waals surface area contributed by atoms with Crippen LogP contribution in [-0.2, 0) is 6.42 Å². The van der Waals surface area contributed by atoms with Crippen molar-refractivity contribution in [1.29, 1.82) is 0 Å². The molecule has 0 aromatic heterocycles. The lowest BCUT2D eigenvalue weighted by Gasteiger charge is -2.35. The van der Waals surface area contributed by atoms with E-state index in [0.717, 1.165) is 0 Å². The monoisotopic (exact) mass is 348 g/mol. The second-order valence-corrected chi connectivity index (χ2v) is 9.12. The second kappa shape index (κ2) is 4.93. The van der Waals surface area contributed by atoms with E-state index in [9.17, 15) is 0 Å². The molecule has 0 nitrogen and oxygen atoms in total. The highest BCUT2D eigenvalue weighted by molar-refractivity contribution is 6.08. The van der Waals surface area contributed by atoms with Crippen LogP contribution in [0.1, 0.15) is 59.9 Å². The van der Waals surface area contributed by atoms with E-state index in [4.69, 9.17) is 0 Å². The molecule has 0 bridgehead atoms. The predicted molar refractivity (Wildman–Crippen MR) is 113 cm³/mol. The minimum absolute atomic E-state index is 0.581. The van der Waals surface area contributed by atoms with Crippen molar-refractivity contribution in [3.63, 3.8) is 0 Å². The molecule has 0 aliphatic heterocycles. The summed E-state index contributed by atoms with van der Waals surface area (Å²) < 4.78 is 0. The highest BCUT2D eigenvalue weighted by atomic mass is 14.5. The molecule has 0 N–H and O–H groups in total. The molecule has 0 spiro atoms. The van der Waals surface area contributed by atoms with E-state index < -0.39 is 0 Å². The lowest BCUT2D eigenvalue weighted by atomic mass is 9.68. The molecule has 4 unspecified atom stereocenters. The van der Waals surface area contributed by atoms with Crippen LogP contribution in [0.4, 0.5) is 0 Å². The maximum atomic E-state index is 2.60. The van der Waals surface area contributed by atoms with E-state index >= 15 is 0 Å². The Bertz CT molecular complexity index is 1100. The van der Waals surface area contributed by atoms with Crippen molar-refractivity contribution in [2.45, 2.75) is 38.5 Å². The third-order valence-electron chi connectivity index (χ3n) is 7.88. The fraction of sp³-hybridized carbons (Fsp3) is 0.333. The summed E-state index contributed by atoms with van der Waals surface area (Å²) in [5, 5.41) is 0. The van der Waals surface area contributed by atoms with Gasteiger partial charge in [-0.1, -0.05) is 61.6 Å². The minimum atomic E-state index is 0.581. The van der Waals surface area contributed by atoms with Crippen molar-refractivity contribution in [2.75, 3.05) is 0 Å². The largest absolute Gasteiger partial charge is 0.0844 e. The van der Waals surface area contributed by atoms with E-state index in [0.29, 0.717) is 23.7 Å². The van der Waals surface area contributed by atoms with Crippen LogP contribution >= 0.6 is 0 Å². The molecule has 6 aliphatic carbocycles. The number of fused-ring (bicyclic) bond motifs is 6. The van der Waals surface area contributed by atoms with Gasteiger partial charge in [0, 0.05) is 11.8 Å². The van der Waals surface area contributed by atoms with E-state index in [2.05, 4.69) is 61.6 Å². The standard InChI is InChI=1S/C27H24/c1-15-12-13-21-23-14-16-6-4-10-19-18-7-2-3-8-20(18)27(24(16)19)26(23)22-11-5-9-17(15)25(21)22/h2,5,7,9-15,17,21,25H,3-4,6,8H2,1H3.